The molecule has 1 heterocycles. The van der Waals surface area contributed by atoms with Crippen molar-refractivity contribution >= 4 is 21.8 Å². The summed E-state index contributed by atoms with van der Waals surface area (Å²) in [6.07, 6.45) is 1.24. The van der Waals surface area contributed by atoms with Crippen molar-refractivity contribution in [1.82, 2.24) is 4.31 Å². The lowest BCUT2D eigenvalue weighted by molar-refractivity contribution is 0.380. The van der Waals surface area contributed by atoms with Crippen LogP contribution in [-0.4, -0.2) is 45.5 Å². The Hall–Kier alpha value is -0.920. The molecule has 2 rings (SSSR count). The smallest absolute Gasteiger partial charge is 0.212 e. The predicted molar refractivity (Wildman–Crippen MR) is 76.3 cm³/mol. The molecule has 0 radical (unpaired) electrons. The summed E-state index contributed by atoms with van der Waals surface area (Å²) in [5.74, 6) is 2.12. The fourth-order valence-electron chi connectivity index (χ4n) is 2.06. The number of hydrogen-bond acceptors (Lipinski definition) is 5. The van der Waals surface area contributed by atoms with Gasteiger partial charge in [0.15, 0.2) is 0 Å². The first-order chi connectivity index (χ1) is 8.97. The van der Waals surface area contributed by atoms with Crippen molar-refractivity contribution in [2.24, 2.45) is 0 Å². The molecule has 7 heteroatoms. The topological polar surface area (TPSA) is 55.8 Å². The first-order valence-corrected chi connectivity index (χ1v) is 8.67. The predicted octanol–water partition coefficient (Wildman–Crippen LogP) is 1.71. The summed E-state index contributed by atoms with van der Waals surface area (Å²) in [7, 11) is -0.0578. The maximum absolute atomic E-state index is 11.8. The van der Waals surface area contributed by atoms with Gasteiger partial charge in [-0.3, -0.25) is 0 Å². The number of ether oxygens (including phenoxy) is 2. The molecule has 5 nitrogen and oxygen atoms in total. The van der Waals surface area contributed by atoms with Crippen LogP contribution in [-0.2, 0) is 10.0 Å². The number of nitrogens with zero attached hydrogens (tertiary/aromatic N) is 1. The van der Waals surface area contributed by atoms with E-state index in [-0.39, 0.29) is 5.37 Å². The quantitative estimate of drug-likeness (QED) is 0.847. The van der Waals surface area contributed by atoms with E-state index < -0.39 is 10.0 Å². The molecule has 0 bridgehead atoms. The Balaban J connectivity index is 2.41. The van der Waals surface area contributed by atoms with E-state index in [9.17, 15) is 8.42 Å². The van der Waals surface area contributed by atoms with E-state index in [1.54, 1.807) is 32.0 Å². The van der Waals surface area contributed by atoms with Crippen molar-refractivity contribution in [1.29, 1.82) is 0 Å². The van der Waals surface area contributed by atoms with Gasteiger partial charge in [-0.25, -0.2) is 8.42 Å². The van der Waals surface area contributed by atoms with Crippen LogP contribution in [0.15, 0.2) is 18.2 Å². The lowest BCUT2D eigenvalue weighted by Crippen LogP contribution is -2.29. The van der Waals surface area contributed by atoms with Crippen molar-refractivity contribution in [3.63, 3.8) is 0 Å². The van der Waals surface area contributed by atoms with Gasteiger partial charge in [-0.05, 0) is 12.1 Å². The highest BCUT2D eigenvalue weighted by molar-refractivity contribution is 8.00. The van der Waals surface area contributed by atoms with Gasteiger partial charge >= 0.3 is 0 Å². The summed E-state index contributed by atoms with van der Waals surface area (Å²) in [5.41, 5.74) is 0.858. The van der Waals surface area contributed by atoms with Crippen LogP contribution < -0.4 is 9.47 Å². The normalized spacial score (nSPS) is 20.5. The first-order valence-electron chi connectivity index (χ1n) is 5.77. The van der Waals surface area contributed by atoms with Gasteiger partial charge in [-0.15, -0.1) is 11.8 Å². The van der Waals surface area contributed by atoms with E-state index in [1.807, 2.05) is 12.1 Å². The third-order valence-electron chi connectivity index (χ3n) is 2.98. The molecule has 1 saturated heterocycles. The number of methoxy groups -OCH3 is 2. The molecule has 19 heavy (non-hydrogen) atoms. The fourth-order valence-corrected chi connectivity index (χ4v) is 4.88. The minimum absolute atomic E-state index is 0.226. The molecule has 0 aliphatic carbocycles. The second kappa shape index (κ2) is 5.60. The molecule has 1 unspecified atom stereocenters. The van der Waals surface area contributed by atoms with Crippen LogP contribution in [0.3, 0.4) is 0 Å². The summed E-state index contributed by atoms with van der Waals surface area (Å²) < 4.78 is 35.6. The zero-order valence-electron chi connectivity index (χ0n) is 11.1. The maximum atomic E-state index is 11.8. The Labute approximate surface area is 117 Å². The van der Waals surface area contributed by atoms with Crippen molar-refractivity contribution in [2.75, 3.05) is 32.8 Å². The maximum Gasteiger partial charge on any atom is 0.212 e. The Morgan fingerprint density at radius 1 is 1.32 bits per heavy atom. The number of hydrogen-bond donors (Lipinski definition) is 0. The van der Waals surface area contributed by atoms with E-state index in [4.69, 9.17) is 9.47 Å². The average Bonchev–Trinajstić information content (AvgIpc) is 2.86. The number of thioether (sulfide) groups is 1. The third-order valence-corrected chi connectivity index (χ3v) is 5.60. The van der Waals surface area contributed by atoms with Crippen molar-refractivity contribution in [3.05, 3.63) is 23.8 Å². The van der Waals surface area contributed by atoms with Crippen LogP contribution in [0.5, 0.6) is 11.5 Å². The summed E-state index contributed by atoms with van der Waals surface area (Å²) in [6, 6.07) is 5.45. The molecular formula is C12H17NO4S2. The van der Waals surface area contributed by atoms with Crippen LogP contribution in [0.2, 0.25) is 0 Å². The highest BCUT2D eigenvalue weighted by Crippen LogP contribution is 2.43. The lowest BCUT2D eigenvalue weighted by atomic mass is 10.2. The van der Waals surface area contributed by atoms with E-state index in [2.05, 4.69) is 0 Å². The second-order valence-electron chi connectivity index (χ2n) is 4.20. The van der Waals surface area contributed by atoms with Gasteiger partial charge in [0.1, 0.15) is 11.5 Å². The first kappa shape index (κ1) is 14.5. The monoisotopic (exact) mass is 303 g/mol. The van der Waals surface area contributed by atoms with Gasteiger partial charge in [0.05, 0.1) is 25.8 Å². The van der Waals surface area contributed by atoms with E-state index in [0.29, 0.717) is 18.0 Å². The van der Waals surface area contributed by atoms with Crippen LogP contribution in [0, 0.1) is 0 Å². The minimum atomic E-state index is -3.21. The Morgan fingerprint density at radius 3 is 2.63 bits per heavy atom. The second-order valence-corrected chi connectivity index (χ2v) is 7.33. The number of benzene rings is 1. The van der Waals surface area contributed by atoms with Gasteiger partial charge in [0, 0.05) is 23.9 Å². The van der Waals surface area contributed by atoms with E-state index >= 15 is 0 Å². The zero-order valence-corrected chi connectivity index (χ0v) is 12.8. The van der Waals surface area contributed by atoms with Crippen molar-refractivity contribution < 1.29 is 17.9 Å². The van der Waals surface area contributed by atoms with Crippen LogP contribution in [0.25, 0.3) is 0 Å². The average molecular weight is 303 g/mol. The van der Waals surface area contributed by atoms with Crippen LogP contribution >= 0.6 is 11.8 Å². The van der Waals surface area contributed by atoms with Crippen LogP contribution in [0.1, 0.15) is 10.9 Å². The molecule has 106 valence electrons. The van der Waals surface area contributed by atoms with Gasteiger partial charge in [0.2, 0.25) is 10.0 Å². The summed E-state index contributed by atoms with van der Waals surface area (Å²) in [6.45, 7) is 0.531. The standard InChI is InChI=1S/C12H17NO4S2/c1-16-9-4-5-10(11(8-9)17-2)12-13(6-7-18-12)19(3,14)15/h4-5,8,12H,6-7H2,1-3H3. The third kappa shape index (κ3) is 2.98. The summed E-state index contributed by atoms with van der Waals surface area (Å²) >= 11 is 1.60. The SMILES string of the molecule is COc1ccc(C2SCCN2S(C)(=O)=O)c(OC)c1. The molecule has 1 fully saturated rings. The summed E-state index contributed by atoms with van der Waals surface area (Å²) in [5, 5.41) is -0.226. The number of sulfonamides is 1. The van der Waals surface area contributed by atoms with Crippen molar-refractivity contribution in [3.8, 4) is 11.5 Å². The van der Waals surface area contributed by atoms with E-state index in [1.165, 1.54) is 10.6 Å². The summed E-state index contributed by atoms with van der Waals surface area (Å²) in [4.78, 5) is 0. The molecule has 0 spiro atoms. The van der Waals surface area contributed by atoms with Gasteiger partial charge < -0.3 is 9.47 Å². The lowest BCUT2D eigenvalue weighted by Gasteiger charge is -2.23. The fraction of sp³-hybridized carbons (Fsp3) is 0.500. The molecule has 1 aromatic carbocycles. The molecule has 1 aliphatic rings. The van der Waals surface area contributed by atoms with E-state index in [0.717, 1.165) is 11.3 Å². The molecule has 1 atom stereocenters. The van der Waals surface area contributed by atoms with Crippen LogP contribution in [0.4, 0.5) is 0 Å². The molecule has 0 aromatic heterocycles. The Morgan fingerprint density at radius 2 is 2.05 bits per heavy atom. The Kier molecular flexibility index (Phi) is 4.27. The number of rotatable bonds is 4. The highest BCUT2D eigenvalue weighted by Gasteiger charge is 2.34. The highest BCUT2D eigenvalue weighted by atomic mass is 32.2. The van der Waals surface area contributed by atoms with Gasteiger partial charge in [-0.1, -0.05) is 0 Å². The molecule has 0 N–H and O–H groups in total. The zero-order chi connectivity index (χ0) is 14.0. The molecule has 1 aliphatic heterocycles. The Bertz CT molecular complexity index is 559. The largest absolute Gasteiger partial charge is 0.497 e. The minimum Gasteiger partial charge on any atom is -0.497 e. The van der Waals surface area contributed by atoms with Gasteiger partial charge in [-0.2, -0.15) is 4.31 Å². The molecule has 0 saturated carbocycles. The molecular weight excluding hydrogens is 286 g/mol. The van der Waals surface area contributed by atoms with Crippen molar-refractivity contribution in [2.45, 2.75) is 5.37 Å². The van der Waals surface area contributed by atoms with Gasteiger partial charge in [0.25, 0.3) is 0 Å². The molecule has 1 aromatic rings. The molecule has 0 amide bonds.